The summed E-state index contributed by atoms with van der Waals surface area (Å²) in [5.74, 6) is -7.39. The van der Waals surface area contributed by atoms with E-state index in [4.69, 9.17) is 14.2 Å². The number of ether oxygens (including phenoxy) is 3. The van der Waals surface area contributed by atoms with Crippen molar-refractivity contribution in [1.29, 1.82) is 0 Å². The highest BCUT2D eigenvalue weighted by molar-refractivity contribution is 5.90. The van der Waals surface area contributed by atoms with Crippen molar-refractivity contribution < 1.29 is 47.6 Å². The van der Waals surface area contributed by atoms with Crippen LogP contribution in [0.3, 0.4) is 0 Å². The predicted octanol–water partition coefficient (Wildman–Crippen LogP) is 1.57. The van der Waals surface area contributed by atoms with Gasteiger partial charge in [0.2, 0.25) is 5.78 Å². The molecule has 0 aliphatic carbocycles. The van der Waals surface area contributed by atoms with E-state index < -0.39 is 66.2 Å². The molecule has 0 radical (unpaired) electrons. The molecule has 1 fully saturated rings. The number of halogens is 2. The van der Waals surface area contributed by atoms with E-state index in [0.717, 1.165) is 0 Å². The summed E-state index contributed by atoms with van der Waals surface area (Å²) in [5.41, 5.74) is -0.810. The first-order valence-corrected chi connectivity index (χ1v) is 10.2. The molecule has 1 rings (SSSR count). The van der Waals surface area contributed by atoms with Crippen molar-refractivity contribution in [2.75, 3.05) is 13.2 Å². The van der Waals surface area contributed by atoms with Gasteiger partial charge in [0.1, 0.15) is 30.5 Å². The van der Waals surface area contributed by atoms with Gasteiger partial charge in [-0.3, -0.25) is 4.79 Å². The van der Waals surface area contributed by atoms with Gasteiger partial charge in [-0.15, -0.1) is 0 Å². The average molecular weight is 453 g/mol. The molecule has 1 saturated heterocycles. The van der Waals surface area contributed by atoms with Crippen LogP contribution in [0, 0.1) is 5.92 Å². The molecule has 1 unspecified atom stereocenters. The fraction of sp³-hybridized carbons (Fsp3) is 0.850. The molecular weight excluding hydrogens is 420 g/mol. The second-order valence-corrected chi connectivity index (χ2v) is 8.85. The number of esters is 1. The van der Waals surface area contributed by atoms with Crippen LogP contribution in [0.2, 0.25) is 0 Å². The lowest BCUT2D eigenvalue weighted by molar-refractivity contribution is -0.192. The van der Waals surface area contributed by atoms with Crippen molar-refractivity contribution in [3.05, 3.63) is 0 Å². The van der Waals surface area contributed by atoms with Crippen LogP contribution in [0.4, 0.5) is 13.6 Å². The lowest BCUT2D eigenvalue weighted by Gasteiger charge is -2.30. The molecule has 0 bridgehead atoms. The number of aliphatic hydroxyl groups excluding tert-OH is 2. The Kier molecular flexibility index (Phi) is 9.77. The quantitative estimate of drug-likeness (QED) is 0.449. The van der Waals surface area contributed by atoms with Crippen molar-refractivity contribution >= 4 is 17.8 Å². The van der Waals surface area contributed by atoms with Gasteiger partial charge in [-0.05, 0) is 46.0 Å². The number of alkyl halides is 2. The highest BCUT2D eigenvalue weighted by atomic mass is 19.3. The molecule has 3 N–H and O–H groups in total. The van der Waals surface area contributed by atoms with E-state index in [2.05, 4.69) is 5.32 Å². The maximum absolute atomic E-state index is 14.3. The zero-order valence-corrected chi connectivity index (χ0v) is 18.5. The molecule has 180 valence electrons. The molecule has 4 atom stereocenters. The van der Waals surface area contributed by atoms with Gasteiger partial charge >= 0.3 is 18.0 Å². The number of aliphatic hydroxyl groups is 2. The number of carbonyl (C=O) groups excluding carboxylic acids is 3. The molecule has 1 aliphatic heterocycles. The van der Waals surface area contributed by atoms with Crippen LogP contribution in [-0.4, -0.2) is 77.1 Å². The minimum absolute atomic E-state index is 0.0959. The summed E-state index contributed by atoms with van der Waals surface area (Å²) in [6.45, 7) is 7.25. The highest BCUT2D eigenvalue weighted by Crippen LogP contribution is 2.28. The molecule has 9 nitrogen and oxygen atoms in total. The van der Waals surface area contributed by atoms with E-state index in [1.54, 1.807) is 34.6 Å². The monoisotopic (exact) mass is 453 g/mol. The largest absolute Gasteiger partial charge is 0.461 e. The first-order chi connectivity index (χ1) is 14.2. The van der Waals surface area contributed by atoms with Gasteiger partial charge in [0.25, 0.3) is 0 Å². The van der Waals surface area contributed by atoms with Crippen LogP contribution in [0.15, 0.2) is 0 Å². The number of hydrogen-bond donors (Lipinski definition) is 3. The van der Waals surface area contributed by atoms with Gasteiger partial charge in [0.15, 0.2) is 6.10 Å². The molecule has 31 heavy (non-hydrogen) atoms. The summed E-state index contributed by atoms with van der Waals surface area (Å²) >= 11 is 0. The third kappa shape index (κ3) is 8.30. The van der Waals surface area contributed by atoms with E-state index in [-0.39, 0.29) is 13.0 Å². The van der Waals surface area contributed by atoms with Crippen LogP contribution < -0.4 is 5.32 Å². The minimum atomic E-state index is -4.29. The standard InChI is InChI=1S/C20H33F2NO8/c1-11(2)14(23-18(28)31-19(3,4)5)17(27)30-10-12(24)15(25)20(21,22)16(26)13-8-6-7-9-29-13/h11-15,24-25H,6-10H2,1-5H3,(H,23,28)/t12-,13?,14+,15-/m1/s1. The number of Topliss-reactive ketones (excluding diaryl/α,β-unsaturated/α-hetero) is 1. The van der Waals surface area contributed by atoms with Crippen LogP contribution >= 0.6 is 0 Å². The summed E-state index contributed by atoms with van der Waals surface area (Å²) in [6.07, 6.45) is -6.01. The summed E-state index contributed by atoms with van der Waals surface area (Å²) < 4.78 is 43.6. The van der Waals surface area contributed by atoms with E-state index >= 15 is 0 Å². The first-order valence-electron chi connectivity index (χ1n) is 10.2. The fourth-order valence-electron chi connectivity index (χ4n) is 2.83. The van der Waals surface area contributed by atoms with E-state index in [0.29, 0.717) is 12.8 Å². The van der Waals surface area contributed by atoms with Crippen molar-refractivity contribution in [2.45, 2.75) is 89.8 Å². The Morgan fingerprint density at radius 2 is 1.77 bits per heavy atom. The molecule has 11 heteroatoms. The topological polar surface area (TPSA) is 131 Å². The molecule has 0 aromatic carbocycles. The third-order valence-electron chi connectivity index (χ3n) is 4.53. The van der Waals surface area contributed by atoms with Gasteiger partial charge in [-0.2, -0.15) is 8.78 Å². The molecule has 0 spiro atoms. The number of carbonyl (C=O) groups is 3. The van der Waals surface area contributed by atoms with Gasteiger partial charge in [-0.1, -0.05) is 13.8 Å². The Balaban J connectivity index is 2.68. The number of nitrogens with one attached hydrogen (secondary N) is 1. The molecular formula is C20H33F2NO8. The Morgan fingerprint density at radius 1 is 1.16 bits per heavy atom. The maximum Gasteiger partial charge on any atom is 0.408 e. The molecule has 0 saturated carbocycles. The highest BCUT2D eigenvalue weighted by Gasteiger charge is 2.52. The Labute approximate surface area is 180 Å². The maximum atomic E-state index is 14.3. The molecule has 1 aliphatic rings. The van der Waals surface area contributed by atoms with E-state index in [9.17, 15) is 33.4 Å². The average Bonchev–Trinajstić information content (AvgIpc) is 2.67. The lowest BCUT2D eigenvalue weighted by Crippen LogP contribution is -2.54. The Bertz CT molecular complexity index is 629. The summed E-state index contributed by atoms with van der Waals surface area (Å²) in [5, 5.41) is 22.0. The zero-order chi connectivity index (χ0) is 24.0. The molecule has 0 aromatic rings. The number of rotatable bonds is 9. The van der Waals surface area contributed by atoms with Crippen LogP contribution in [0.5, 0.6) is 0 Å². The number of amides is 1. The van der Waals surface area contributed by atoms with Crippen molar-refractivity contribution in [3.63, 3.8) is 0 Å². The molecule has 1 amide bonds. The smallest absolute Gasteiger partial charge is 0.408 e. The lowest BCUT2D eigenvalue weighted by atomic mass is 9.96. The van der Waals surface area contributed by atoms with Gasteiger partial charge in [0.05, 0.1) is 0 Å². The number of alkyl carbamates (subject to hydrolysis) is 1. The molecule has 0 aromatic heterocycles. The van der Waals surface area contributed by atoms with E-state index in [1.165, 1.54) is 0 Å². The predicted molar refractivity (Wildman–Crippen MR) is 105 cm³/mol. The van der Waals surface area contributed by atoms with Crippen LogP contribution in [0.25, 0.3) is 0 Å². The van der Waals surface area contributed by atoms with Crippen LogP contribution in [-0.2, 0) is 23.8 Å². The minimum Gasteiger partial charge on any atom is -0.461 e. The SMILES string of the molecule is CC(C)[C@H](NC(=O)OC(C)(C)C)C(=O)OC[C@@H](O)[C@@H](O)C(F)(F)C(=O)C1CCCCO1. The number of ketones is 1. The summed E-state index contributed by atoms with van der Waals surface area (Å²) in [4.78, 5) is 36.2. The van der Waals surface area contributed by atoms with Gasteiger partial charge in [0, 0.05) is 6.61 Å². The summed E-state index contributed by atoms with van der Waals surface area (Å²) in [6, 6.07) is -1.18. The Morgan fingerprint density at radius 3 is 2.26 bits per heavy atom. The zero-order valence-electron chi connectivity index (χ0n) is 18.5. The first kappa shape index (κ1) is 27.2. The van der Waals surface area contributed by atoms with E-state index in [1.807, 2.05) is 0 Å². The third-order valence-corrected chi connectivity index (χ3v) is 4.53. The van der Waals surface area contributed by atoms with Crippen LogP contribution in [0.1, 0.15) is 53.9 Å². The fourth-order valence-corrected chi connectivity index (χ4v) is 2.83. The molecule has 1 heterocycles. The van der Waals surface area contributed by atoms with Crippen molar-refractivity contribution in [3.8, 4) is 0 Å². The number of hydrogen-bond acceptors (Lipinski definition) is 8. The van der Waals surface area contributed by atoms with Gasteiger partial charge in [-0.25, -0.2) is 9.59 Å². The van der Waals surface area contributed by atoms with Crippen molar-refractivity contribution in [1.82, 2.24) is 5.32 Å². The Hall–Kier alpha value is -1.85. The second kappa shape index (κ2) is 11.1. The summed E-state index contributed by atoms with van der Waals surface area (Å²) in [7, 11) is 0. The van der Waals surface area contributed by atoms with Crippen molar-refractivity contribution in [2.24, 2.45) is 5.92 Å². The second-order valence-electron chi connectivity index (χ2n) is 8.85. The normalized spacial score (nSPS) is 20.5. The van der Waals surface area contributed by atoms with Gasteiger partial charge < -0.3 is 29.7 Å².